The van der Waals surface area contributed by atoms with Crippen LogP contribution in [-0.4, -0.2) is 28.5 Å². The van der Waals surface area contributed by atoms with Crippen molar-refractivity contribution in [3.05, 3.63) is 107 Å². The standard InChI is InChI=1S/C32H29F5O5Si/c1-32(2,3)43(20-12-8-6-9-13-20,21-14-10-7-11-15-21)42-30-22(39-4)16-19(17-23(30)40-5)18-24(38)41-31-28(36)26(34)25(33)27(35)29(31)37/h6-17H,18H2,1-5H3. The van der Waals surface area contributed by atoms with Crippen molar-refractivity contribution in [3.8, 4) is 23.0 Å². The molecule has 4 rings (SSSR count). The number of hydrogen-bond acceptors (Lipinski definition) is 5. The quantitative estimate of drug-likeness (QED) is 0.0538. The molecule has 43 heavy (non-hydrogen) atoms. The van der Waals surface area contributed by atoms with Crippen LogP contribution >= 0.6 is 0 Å². The Morgan fingerprint density at radius 1 is 0.674 bits per heavy atom. The minimum atomic E-state index is -3.15. The van der Waals surface area contributed by atoms with Gasteiger partial charge in [-0.15, -0.1) is 0 Å². The number of ether oxygens (including phenoxy) is 3. The van der Waals surface area contributed by atoms with E-state index in [1.807, 2.05) is 60.7 Å². The van der Waals surface area contributed by atoms with Gasteiger partial charge in [-0.05, 0) is 33.1 Å². The predicted molar refractivity (Wildman–Crippen MR) is 153 cm³/mol. The Morgan fingerprint density at radius 2 is 1.09 bits per heavy atom. The van der Waals surface area contributed by atoms with Crippen molar-refractivity contribution in [1.82, 2.24) is 0 Å². The van der Waals surface area contributed by atoms with Crippen LogP contribution in [0.3, 0.4) is 0 Å². The second-order valence-electron chi connectivity index (χ2n) is 10.6. The normalized spacial score (nSPS) is 11.7. The lowest BCUT2D eigenvalue weighted by molar-refractivity contribution is -0.134. The molecule has 0 aliphatic rings. The highest BCUT2D eigenvalue weighted by atomic mass is 28.4. The number of methoxy groups -OCH3 is 2. The third kappa shape index (κ3) is 5.94. The van der Waals surface area contributed by atoms with E-state index in [9.17, 15) is 26.7 Å². The summed E-state index contributed by atoms with van der Waals surface area (Å²) in [4.78, 5) is 12.6. The molecule has 226 valence electrons. The highest BCUT2D eigenvalue weighted by Crippen LogP contribution is 2.45. The van der Waals surface area contributed by atoms with E-state index in [0.29, 0.717) is 0 Å². The molecule has 0 atom stereocenters. The number of carbonyl (C=O) groups is 1. The van der Waals surface area contributed by atoms with E-state index >= 15 is 0 Å². The van der Waals surface area contributed by atoms with Gasteiger partial charge in [0.1, 0.15) is 0 Å². The predicted octanol–water partition coefficient (Wildman–Crippen LogP) is 6.49. The molecular weight excluding hydrogens is 587 g/mol. The molecule has 0 unspecified atom stereocenters. The first-order chi connectivity index (χ1) is 20.3. The summed E-state index contributed by atoms with van der Waals surface area (Å²) in [6, 6.07) is 22.5. The zero-order valence-corrected chi connectivity index (χ0v) is 25.1. The Balaban J connectivity index is 1.78. The number of esters is 1. The number of halogens is 5. The molecule has 0 aliphatic carbocycles. The summed E-state index contributed by atoms with van der Waals surface area (Å²) in [6.45, 7) is 6.26. The maximum absolute atomic E-state index is 14.1. The van der Waals surface area contributed by atoms with Crippen molar-refractivity contribution in [2.45, 2.75) is 32.2 Å². The van der Waals surface area contributed by atoms with Crippen LogP contribution < -0.4 is 29.0 Å². The SMILES string of the molecule is COc1cc(CC(=O)Oc2c(F)c(F)c(F)c(F)c2F)cc(OC)c1O[Si](c1ccccc1)(c1ccccc1)C(C)(C)C. The Kier molecular flexibility index (Phi) is 9.14. The van der Waals surface area contributed by atoms with Gasteiger partial charge in [0.05, 0.1) is 20.6 Å². The number of carbonyl (C=O) groups excluding carboxylic acids is 1. The molecule has 5 nitrogen and oxygen atoms in total. The maximum atomic E-state index is 14.1. The minimum absolute atomic E-state index is 0.186. The van der Waals surface area contributed by atoms with Crippen molar-refractivity contribution < 1.29 is 45.4 Å². The molecule has 0 aromatic heterocycles. The van der Waals surface area contributed by atoms with Crippen molar-refractivity contribution in [1.29, 1.82) is 0 Å². The fraction of sp³-hybridized carbons (Fsp3) is 0.219. The van der Waals surface area contributed by atoms with Crippen molar-refractivity contribution in [2.24, 2.45) is 0 Å². The summed E-state index contributed by atoms with van der Waals surface area (Å²) in [5.41, 5.74) is 0.206. The lowest BCUT2D eigenvalue weighted by atomic mass is 10.1. The third-order valence-corrected chi connectivity index (χ3v) is 11.8. The van der Waals surface area contributed by atoms with Gasteiger partial charge in [-0.3, -0.25) is 4.79 Å². The molecule has 0 amide bonds. The lowest BCUT2D eigenvalue weighted by Crippen LogP contribution is -2.68. The summed E-state index contributed by atoms with van der Waals surface area (Å²) < 4.78 is 91.6. The molecule has 0 fully saturated rings. The molecule has 0 bridgehead atoms. The monoisotopic (exact) mass is 616 g/mol. The summed E-state index contributed by atoms with van der Waals surface area (Å²) in [6.07, 6.45) is -0.619. The van der Waals surface area contributed by atoms with E-state index in [0.717, 1.165) is 10.4 Å². The van der Waals surface area contributed by atoms with E-state index in [4.69, 9.17) is 13.9 Å². The largest absolute Gasteiger partial charge is 0.529 e. The van der Waals surface area contributed by atoms with Gasteiger partial charge >= 0.3 is 14.3 Å². The molecule has 11 heteroatoms. The van der Waals surface area contributed by atoms with Gasteiger partial charge in [0, 0.05) is 0 Å². The van der Waals surface area contributed by atoms with E-state index in [-0.39, 0.29) is 22.8 Å². The minimum Gasteiger partial charge on any atom is -0.529 e. The summed E-state index contributed by atoms with van der Waals surface area (Å²) in [5, 5.41) is 1.55. The third-order valence-electron chi connectivity index (χ3n) is 6.93. The summed E-state index contributed by atoms with van der Waals surface area (Å²) in [7, 11) is -0.365. The Bertz CT molecular complexity index is 1530. The molecule has 0 radical (unpaired) electrons. The molecule has 0 aliphatic heterocycles. The number of rotatable bonds is 9. The summed E-state index contributed by atoms with van der Waals surface area (Å²) >= 11 is 0. The molecule has 4 aromatic rings. The molecule has 4 aromatic carbocycles. The van der Waals surface area contributed by atoms with E-state index < -0.39 is 60.6 Å². The van der Waals surface area contributed by atoms with Gasteiger partial charge in [-0.2, -0.15) is 8.78 Å². The smallest absolute Gasteiger partial charge is 0.320 e. The van der Waals surface area contributed by atoms with Crippen LogP contribution in [0.15, 0.2) is 72.8 Å². The first-order valence-electron chi connectivity index (χ1n) is 13.1. The van der Waals surface area contributed by atoms with Gasteiger partial charge in [-0.1, -0.05) is 81.4 Å². The average Bonchev–Trinajstić information content (AvgIpc) is 3.00. The van der Waals surface area contributed by atoms with Gasteiger partial charge < -0.3 is 18.6 Å². The second-order valence-corrected chi connectivity index (χ2v) is 14.9. The van der Waals surface area contributed by atoms with E-state index in [1.165, 1.54) is 26.4 Å². The fourth-order valence-electron chi connectivity index (χ4n) is 4.93. The molecule has 0 spiro atoms. The van der Waals surface area contributed by atoms with Crippen LogP contribution in [0, 0.1) is 29.1 Å². The zero-order valence-electron chi connectivity index (χ0n) is 24.1. The molecular formula is C32H29F5O5Si. The Labute approximate surface area is 246 Å². The first kappa shape index (κ1) is 31.6. The van der Waals surface area contributed by atoms with Crippen molar-refractivity contribution >= 4 is 24.7 Å². The van der Waals surface area contributed by atoms with Crippen LogP contribution in [-0.2, 0) is 11.2 Å². The average molecular weight is 617 g/mol. The van der Waals surface area contributed by atoms with Crippen molar-refractivity contribution in [3.63, 3.8) is 0 Å². The maximum Gasteiger partial charge on any atom is 0.320 e. The lowest BCUT2D eigenvalue weighted by Gasteiger charge is -2.43. The Morgan fingerprint density at radius 3 is 1.49 bits per heavy atom. The molecule has 0 saturated heterocycles. The van der Waals surface area contributed by atoms with Gasteiger partial charge in [-0.25, -0.2) is 13.2 Å². The van der Waals surface area contributed by atoms with Crippen LogP contribution in [0.4, 0.5) is 22.0 Å². The summed E-state index contributed by atoms with van der Waals surface area (Å²) in [5.74, 6) is -13.7. The zero-order chi connectivity index (χ0) is 31.5. The highest BCUT2D eigenvalue weighted by Gasteiger charge is 2.53. The Hall–Kier alpha value is -4.38. The highest BCUT2D eigenvalue weighted by molar-refractivity contribution is 7.00. The topological polar surface area (TPSA) is 54.0 Å². The molecule has 0 heterocycles. The van der Waals surface area contributed by atoms with Crippen molar-refractivity contribution in [2.75, 3.05) is 14.2 Å². The fourth-order valence-corrected chi connectivity index (χ4v) is 9.37. The van der Waals surface area contributed by atoms with Crippen LogP contribution in [0.5, 0.6) is 23.0 Å². The molecule has 0 N–H and O–H groups in total. The van der Waals surface area contributed by atoms with Gasteiger partial charge in [0.2, 0.25) is 34.8 Å². The number of hydrogen-bond donors (Lipinski definition) is 0. The van der Waals surface area contributed by atoms with Gasteiger partial charge in [0.15, 0.2) is 17.2 Å². The van der Waals surface area contributed by atoms with Crippen LogP contribution in [0.25, 0.3) is 0 Å². The van der Waals surface area contributed by atoms with E-state index in [2.05, 4.69) is 25.5 Å². The van der Waals surface area contributed by atoms with Crippen LogP contribution in [0.2, 0.25) is 5.04 Å². The second kappa shape index (κ2) is 12.5. The first-order valence-corrected chi connectivity index (χ1v) is 15.0. The van der Waals surface area contributed by atoms with Crippen LogP contribution in [0.1, 0.15) is 26.3 Å². The van der Waals surface area contributed by atoms with Gasteiger partial charge in [0.25, 0.3) is 0 Å². The molecule has 0 saturated carbocycles. The van der Waals surface area contributed by atoms with E-state index in [1.54, 1.807) is 0 Å². The number of benzene rings is 4.